The molecule has 0 radical (unpaired) electrons. The largest absolute Gasteiger partial charge is 0.411 e. The second-order valence-electron chi connectivity index (χ2n) is 5.48. The molecule has 1 fully saturated rings. The van der Waals surface area contributed by atoms with E-state index in [1.165, 1.54) is 0 Å². The van der Waals surface area contributed by atoms with Gasteiger partial charge in [-0.3, -0.25) is 4.79 Å². The van der Waals surface area contributed by atoms with Crippen LogP contribution in [0.5, 0.6) is 0 Å². The fraction of sp³-hybridized carbons (Fsp3) is 0.923. The normalized spacial score (nSPS) is 19.4. The molecule has 1 aliphatic rings. The van der Waals surface area contributed by atoms with Crippen LogP contribution in [-0.2, 0) is 9.53 Å². The number of carbonyl (C=O) groups is 1. The van der Waals surface area contributed by atoms with Gasteiger partial charge in [0.25, 0.3) is 0 Å². The smallest absolute Gasteiger partial charge is 0.362 e. The van der Waals surface area contributed by atoms with Crippen molar-refractivity contribution in [3.8, 4) is 0 Å². The van der Waals surface area contributed by atoms with Gasteiger partial charge in [-0.25, -0.2) is 0 Å². The number of halogens is 3. The number of nitrogens with zero attached hydrogens (tertiary/aromatic N) is 2. The first-order valence-electron chi connectivity index (χ1n) is 7.16. The summed E-state index contributed by atoms with van der Waals surface area (Å²) in [6, 6.07) is 0. The summed E-state index contributed by atoms with van der Waals surface area (Å²) in [5.74, 6) is 0.00958. The van der Waals surface area contributed by atoms with Gasteiger partial charge in [0.1, 0.15) is 13.2 Å². The second-order valence-corrected chi connectivity index (χ2v) is 5.48. The molecule has 21 heavy (non-hydrogen) atoms. The van der Waals surface area contributed by atoms with Gasteiger partial charge in [0.2, 0.25) is 5.91 Å². The van der Waals surface area contributed by atoms with Crippen molar-refractivity contribution in [2.45, 2.75) is 19.5 Å². The van der Waals surface area contributed by atoms with Crippen LogP contribution in [0.25, 0.3) is 0 Å². The van der Waals surface area contributed by atoms with E-state index in [0.717, 1.165) is 26.1 Å². The summed E-state index contributed by atoms with van der Waals surface area (Å²) >= 11 is 0. The molecular formula is C13H24F3N3O2. The highest BCUT2D eigenvalue weighted by Gasteiger charge is 2.28. The van der Waals surface area contributed by atoms with E-state index in [9.17, 15) is 18.0 Å². The zero-order chi connectivity index (χ0) is 15.9. The highest BCUT2D eigenvalue weighted by atomic mass is 19.4. The lowest BCUT2D eigenvalue weighted by molar-refractivity contribution is -0.177. The third-order valence-corrected chi connectivity index (χ3v) is 3.40. The molecule has 0 bridgehead atoms. The van der Waals surface area contributed by atoms with Crippen molar-refractivity contribution in [3.63, 3.8) is 0 Å². The van der Waals surface area contributed by atoms with Crippen molar-refractivity contribution in [2.75, 3.05) is 52.5 Å². The van der Waals surface area contributed by atoms with Crippen molar-refractivity contribution in [2.24, 2.45) is 11.7 Å². The van der Waals surface area contributed by atoms with Gasteiger partial charge < -0.3 is 20.3 Å². The summed E-state index contributed by atoms with van der Waals surface area (Å²) in [4.78, 5) is 15.6. The van der Waals surface area contributed by atoms with E-state index in [-0.39, 0.29) is 5.91 Å². The van der Waals surface area contributed by atoms with E-state index < -0.39 is 19.4 Å². The van der Waals surface area contributed by atoms with Crippen LogP contribution >= 0.6 is 0 Å². The Labute approximate surface area is 123 Å². The second kappa shape index (κ2) is 8.55. The van der Waals surface area contributed by atoms with E-state index in [4.69, 9.17) is 5.73 Å². The number of hydrogen-bond donors (Lipinski definition) is 1. The van der Waals surface area contributed by atoms with E-state index in [1.54, 1.807) is 4.90 Å². The number of nitrogens with two attached hydrogens (primary N) is 1. The van der Waals surface area contributed by atoms with E-state index in [0.29, 0.717) is 25.6 Å². The molecule has 0 saturated carbocycles. The number of hydrogen-bond acceptors (Lipinski definition) is 4. The van der Waals surface area contributed by atoms with Gasteiger partial charge in [-0.2, -0.15) is 13.2 Å². The molecule has 0 spiro atoms. The lowest BCUT2D eigenvalue weighted by atomic mass is 10.1. The number of carbonyl (C=O) groups excluding carboxylic acids is 1. The van der Waals surface area contributed by atoms with Crippen molar-refractivity contribution in [3.05, 3.63) is 0 Å². The molecule has 1 unspecified atom stereocenters. The molecule has 0 aromatic heterocycles. The average Bonchev–Trinajstić information content (AvgIpc) is 2.62. The molecule has 2 N–H and O–H groups in total. The zero-order valence-corrected chi connectivity index (χ0v) is 12.4. The van der Waals surface area contributed by atoms with Gasteiger partial charge in [-0.05, 0) is 25.4 Å². The average molecular weight is 311 g/mol. The molecule has 5 nitrogen and oxygen atoms in total. The molecule has 1 rings (SSSR count). The minimum atomic E-state index is -4.39. The van der Waals surface area contributed by atoms with Gasteiger partial charge in [-0.15, -0.1) is 0 Å². The molecule has 1 amide bonds. The molecule has 0 aromatic rings. The summed E-state index contributed by atoms with van der Waals surface area (Å²) in [6.07, 6.45) is -3.59. The van der Waals surface area contributed by atoms with Crippen molar-refractivity contribution in [1.29, 1.82) is 0 Å². The Morgan fingerprint density at radius 2 is 2.00 bits per heavy atom. The maximum Gasteiger partial charge on any atom is 0.411 e. The van der Waals surface area contributed by atoms with Crippen LogP contribution in [0.2, 0.25) is 0 Å². The van der Waals surface area contributed by atoms with Crippen LogP contribution in [0.15, 0.2) is 0 Å². The molecule has 1 aliphatic heterocycles. The standard InChI is InChI=1S/C13H24F3N3O2/c1-11(7-17)8-18-3-2-4-19(6-5-18)12(20)9-21-10-13(14,15)16/h11H,2-10,17H2,1H3. The van der Waals surface area contributed by atoms with Crippen molar-refractivity contribution < 1.29 is 22.7 Å². The van der Waals surface area contributed by atoms with Gasteiger partial charge in [0.15, 0.2) is 0 Å². The highest BCUT2D eigenvalue weighted by Crippen LogP contribution is 2.14. The van der Waals surface area contributed by atoms with E-state index in [2.05, 4.69) is 16.6 Å². The van der Waals surface area contributed by atoms with Crippen LogP contribution < -0.4 is 5.73 Å². The fourth-order valence-corrected chi connectivity index (χ4v) is 2.26. The Bertz CT molecular complexity index is 326. The highest BCUT2D eigenvalue weighted by molar-refractivity contribution is 5.77. The van der Waals surface area contributed by atoms with Crippen molar-refractivity contribution in [1.82, 2.24) is 9.80 Å². The number of rotatable bonds is 6. The Morgan fingerprint density at radius 1 is 1.29 bits per heavy atom. The Morgan fingerprint density at radius 3 is 2.62 bits per heavy atom. The first-order chi connectivity index (χ1) is 9.81. The lowest BCUT2D eigenvalue weighted by Crippen LogP contribution is -2.39. The summed E-state index contributed by atoms with van der Waals surface area (Å²) in [6.45, 7) is 4.33. The summed E-state index contributed by atoms with van der Waals surface area (Å²) < 4.78 is 40.3. The van der Waals surface area contributed by atoms with Gasteiger partial charge in [-0.1, -0.05) is 6.92 Å². The zero-order valence-electron chi connectivity index (χ0n) is 12.4. The fourth-order valence-electron chi connectivity index (χ4n) is 2.26. The molecule has 0 aromatic carbocycles. The van der Waals surface area contributed by atoms with Crippen molar-refractivity contribution >= 4 is 5.91 Å². The molecule has 8 heteroatoms. The minimum Gasteiger partial charge on any atom is -0.362 e. The molecular weight excluding hydrogens is 287 g/mol. The Hall–Kier alpha value is -0.860. The number of amides is 1. The van der Waals surface area contributed by atoms with Crippen LogP contribution in [-0.4, -0.2) is 74.4 Å². The predicted molar refractivity (Wildman–Crippen MR) is 72.7 cm³/mol. The Balaban J connectivity index is 2.32. The number of alkyl halides is 3. The summed E-state index contributed by atoms with van der Waals surface area (Å²) in [5, 5.41) is 0. The van der Waals surface area contributed by atoms with E-state index >= 15 is 0 Å². The first-order valence-corrected chi connectivity index (χ1v) is 7.16. The summed E-state index contributed by atoms with van der Waals surface area (Å²) in [7, 11) is 0. The molecule has 124 valence electrons. The van der Waals surface area contributed by atoms with Gasteiger partial charge in [0.05, 0.1) is 0 Å². The SMILES string of the molecule is CC(CN)CN1CCCN(C(=O)COCC(F)(F)F)CC1. The van der Waals surface area contributed by atoms with Crippen LogP contribution in [0, 0.1) is 5.92 Å². The molecule has 1 saturated heterocycles. The maximum atomic E-state index is 12.0. The third-order valence-electron chi connectivity index (χ3n) is 3.40. The number of ether oxygens (including phenoxy) is 1. The Kier molecular flexibility index (Phi) is 7.41. The quantitative estimate of drug-likeness (QED) is 0.784. The van der Waals surface area contributed by atoms with Crippen LogP contribution in [0.3, 0.4) is 0 Å². The third kappa shape index (κ3) is 7.63. The molecule has 1 heterocycles. The topological polar surface area (TPSA) is 58.8 Å². The monoisotopic (exact) mass is 311 g/mol. The lowest BCUT2D eigenvalue weighted by Gasteiger charge is -2.24. The molecule has 1 atom stereocenters. The minimum absolute atomic E-state index is 0.382. The van der Waals surface area contributed by atoms with Gasteiger partial charge >= 0.3 is 6.18 Å². The first kappa shape index (κ1) is 18.2. The van der Waals surface area contributed by atoms with E-state index in [1.807, 2.05) is 0 Å². The van der Waals surface area contributed by atoms with Gasteiger partial charge in [0, 0.05) is 26.2 Å². The maximum absolute atomic E-state index is 12.0. The predicted octanol–water partition coefficient (Wildman–Crippen LogP) is 0.694. The van der Waals surface area contributed by atoms with Crippen LogP contribution in [0.4, 0.5) is 13.2 Å². The molecule has 0 aliphatic carbocycles. The summed E-state index contributed by atoms with van der Waals surface area (Å²) in [5.41, 5.74) is 5.59. The van der Waals surface area contributed by atoms with Crippen LogP contribution in [0.1, 0.15) is 13.3 Å².